The summed E-state index contributed by atoms with van der Waals surface area (Å²) in [5.41, 5.74) is 0.535. The van der Waals surface area contributed by atoms with Crippen molar-refractivity contribution in [3.63, 3.8) is 0 Å². The molecule has 1 fully saturated rings. The number of piperazine rings is 1. The van der Waals surface area contributed by atoms with E-state index < -0.39 is 0 Å². The number of halogens is 1. The minimum atomic E-state index is -0.362. The number of benzene rings is 1. The van der Waals surface area contributed by atoms with Crippen molar-refractivity contribution in [3.8, 4) is 16.4 Å². The van der Waals surface area contributed by atoms with E-state index in [1.165, 1.54) is 28.2 Å². The third-order valence-corrected chi connectivity index (χ3v) is 5.22. The lowest BCUT2D eigenvalue weighted by Crippen LogP contribution is -2.52. The summed E-state index contributed by atoms with van der Waals surface area (Å²) in [6, 6.07) is 10.0. The molecule has 1 aliphatic rings. The Hall–Kier alpha value is -2.58. The molecule has 0 saturated carbocycles. The van der Waals surface area contributed by atoms with Crippen LogP contribution in [0.15, 0.2) is 41.8 Å². The quantitative estimate of drug-likeness (QED) is 0.769. The molecule has 0 aliphatic carbocycles. The first kappa shape index (κ1) is 16.9. The smallest absolute Gasteiger partial charge is 0.293 e. The maximum atomic E-state index is 13.7. The Morgan fingerprint density at radius 2 is 2.23 bits per heavy atom. The van der Waals surface area contributed by atoms with Gasteiger partial charge < -0.3 is 10.2 Å². The van der Waals surface area contributed by atoms with Crippen molar-refractivity contribution in [2.45, 2.75) is 13.0 Å². The second-order valence-corrected chi connectivity index (χ2v) is 7.13. The molecule has 0 spiro atoms. The Morgan fingerprint density at radius 1 is 1.35 bits per heavy atom. The topological polar surface area (TPSA) is 63.1 Å². The van der Waals surface area contributed by atoms with Gasteiger partial charge in [-0.3, -0.25) is 4.79 Å². The van der Waals surface area contributed by atoms with E-state index in [0.717, 1.165) is 18.0 Å². The Bertz CT molecular complexity index is 924. The molecule has 1 amide bonds. The van der Waals surface area contributed by atoms with Gasteiger partial charge in [-0.2, -0.15) is 0 Å². The first-order valence-electron chi connectivity index (χ1n) is 8.42. The number of carbonyl (C=O) groups excluding carboxylic acids is 1. The van der Waals surface area contributed by atoms with Crippen LogP contribution >= 0.6 is 11.3 Å². The molecule has 1 aliphatic heterocycles. The Balaban J connectivity index is 1.77. The normalized spacial score (nSPS) is 17.5. The van der Waals surface area contributed by atoms with Gasteiger partial charge in [-0.1, -0.05) is 12.1 Å². The van der Waals surface area contributed by atoms with Gasteiger partial charge in [0, 0.05) is 25.7 Å². The summed E-state index contributed by atoms with van der Waals surface area (Å²) in [6.07, 6.45) is 0. The van der Waals surface area contributed by atoms with Crippen LogP contribution in [-0.2, 0) is 0 Å². The summed E-state index contributed by atoms with van der Waals surface area (Å²) < 4.78 is 15.2. The standard InChI is InChI=1S/C18H18FN5OS/c1-12-11-20-7-8-23(12)18(25)16-21-17(15-6-3-9-26-15)24(22-16)14-5-2-4-13(19)10-14/h2-6,9-10,12,20H,7-8,11H2,1H3/t12-/m1/s1. The maximum Gasteiger partial charge on any atom is 0.293 e. The number of aromatic nitrogens is 3. The molecule has 1 aromatic carbocycles. The van der Waals surface area contributed by atoms with Gasteiger partial charge in [-0.15, -0.1) is 16.4 Å². The summed E-state index contributed by atoms with van der Waals surface area (Å²) >= 11 is 1.50. The van der Waals surface area contributed by atoms with Crippen LogP contribution in [-0.4, -0.2) is 51.2 Å². The van der Waals surface area contributed by atoms with Gasteiger partial charge in [-0.05, 0) is 36.6 Å². The van der Waals surface area contributed by atoms with Gasteiger partial charge in [0.15, 0.2) is 5.82 Å². The molecule has 3 heterocycles. The number of nitrogens with one attached hydrogen (secondary N) is 1. The number of hydrogen-bond donors (Lipinski definition) is 1. The van der Waals surface area contributed by atoms with Gasteiger partial charge in [0.1, 0.15) is 5.82 Å². The van der Waals surface area contributed by atoms with Crippen LogP contribution in [0.4, 0.5) is 4.39 Å². The number of thiophene rings is 1. The van der Waals surface area contributed by atoms with Crippen LogP contribution in [0.25, 0.3) is 16.4 Å². The van der Waals surface area contributed by atoms with Gasteiger partial charge >= 0.3 is 0 Å². The van der Waals surface area contributed by atoms with Gasteiger partial charge in [0.25, 0.3) is 5.91 Å². The molecule has 0 unspecified atom stereocenters. The van der Waals surface area contributed by atoms with E-state index >= 15 is 0 Å². The van der Waals surface area contributed by atoms with Crippen LogP contribution in [0.2, 0.25) is 0 Å². The van der Waals surface area contributed by atoms with Gasteiger partial charge in [0.2, 0.25) is 5.82 Å². The molecule has 134 valence electrons. The molecule has 26 heavy (non-hydrogen) atoms. The molecule has 4 rings (SSSR count). The number of hydrogen-bond acceptors (Lipinski definition) is 5. The summed E-state index contributed by atoms with van der Waals surface area (Å²) in [6.45, 7) is 4.10. The highest BCUT2D eigenvalue weighted by atomic mass is 32.1. The maximum absolute atomic E-state index is 13.7. The SMILES string of the molecule is C[C@@H]1CNCCN1C(=O)c1nc(-c2cccs2)n(-c2cccc(F)c2)n1. The zero-order valence-electron chi connectivity index (χ0n) is 14.2. The van der Waals surface area contributed by atoms with Crippen molar-refractivity contribution in [1.29, 1.82) is 0 Å². The lowest BCUT2D eigenvalue weighted by atomic mass is 10.2. The lowest BCUT2D eigenvalue weighted by Gasteiger charge is -2.33. The van der Waals surface area contributed by atoms with Crippen LogP contribution in [0.3, 0.4) is 0 Å². The van der Waals surface area contributed by atoms with Crippen LogP contribution in [0.1, 0.15) is 17.5 Å². The molecule has 2 aromatic heterocycles. The fraction of sp³-hybridized carbons (Fsp3) is 0.278. The average Bonchev–Trinajstić information content (AvgIpc) is 3.31. The van der Waals surface area contributed by atoms with E-state index in [-0.39, 0.29) is 23.6 Å². The molecule has 6 nitrogen and oxygen atoms in total. The van der Waals surface area contributed by atoms with E-state index in [9.17, 15) is 9.18 Å². The lowest BCUT2D eigenvalue weighted by molar-refractivity contribution is 0.0643. The van der Waals surface area contributed by atoms with E-state index in [4.69, 9.17) is 0 Å². The molecule has 0 radical (unpaired) electrons. The summed E-state index contributed by atoms with van der Waals surface area (Å²) in [5.74, 6) is 0.105. The third-order valence-electron chi connectivity index (χ3n) is 4.35. The summed E-state index contributed by atoms with van der Waals surface area (Å²) in [7, 11) is 0. The van der Waals surface area contributed by atoms with Crippen LogP contribution in [0, 0.1) is 5.82 Å². The third kappa shape index (κ3) is 3.13. The summed E-state index contributed by atoms with van der Waals surface area (Å²) in [4.78, 5) is 20.1. The molecular weight excluding hydrogens is 353 g/mol. The number of amides is 1. The van der Waals surface area contributed by atoms with Gasteiger partial charge in [0.05, 0.1) is 10.6 Å². The number of rotatable bonds is 3. The predicted octanol–water partition coefficient (Wildman–Crippen LogP) is 2.57. The van der Waals surface area contributed by atoms with Crippen molar-refractivity contribution in [1.82, 2.24) is 25.0 Å². The minimum Gasteiger partial charge on any atom is -0.331 e. The number of carbonyl (C=O) groups is 1. The van der Waals surface area contributed by atoms with Crippen molar-refractivity contribution < 1.29 is 9.18 Å². The second kappa shape index (κ2) is 6.97. The van der Waals surface area contributed by atoms with Crippen LogP contribution < -0.4 is 5.32 Å². The van der Waals surface area contributed by atoms with E-state index in [0.29, 0.717) is 18.1 Å². The largest absolute Gasteiger partial charge is 0.331 e. The Labute approximate surface area is 154 Å². The van der Waals surface area contributed by atoms with Crippen molar-refractivity contribution in [2.24, 2.45) is 0 Å². The molecule has 0 bridgehead atoms. The van der Waals surface area contributed by atoms with E-state index in [1.807, 2.05) is 24.4 Å². The van der Waals surface area contributed by atoms with Gasteiger partial charge in [-0.25, -0.2) is 14.1 Å². The monoisotopic (exact) mass is 371 g/mol. The Kier molecular flexibility index (Phi) is 4.52. The molecule has 3 aromatic rings. The zero-order chi connectivity index (χ0) is 18.1. The summed E-state index contributed by atoms with van der Waals surface area (Å²) in [5, 5.41) is 9.61. The van der Waals surface area contributed by atoms with Crippen LogP contribution in [0.5, 0.6) is 0 Å². The van der Waals surface area contributed by atoms with Crippen molar-refractivity contribution >= 4 is 17.2 Å². The molecule has 1 N–H and O–H groups in total. The highest BCUT2D eigenvalue weighted by Crippen LogP contribution is 2.26. The molecule has 1 saturated heterocycles. The predicted molar refractivity (Wildman–Crippen MR) is 98.0 cm³/mol. The van der Waals surface area contributed by atoms with E-state index in [2.05, 4.69) is 15.4 Å². The highest BCUT2D eigenvalue weighted by Gasteiger charge is 2.28. The zero-order valence-corrected chi connectivity index (χ0v) is 15.0. The fourth-order valence-corrected chi connectivity index (χ4v) is 3.73. The average molecular weight is 371 g/mol. The van der Waals surface area contributed by atoms with E-state index in [1.54, 1.807) is 17.0 Å². The van der Waals surface area contributed by atoms with Crippen molar-refractivity contribution in [3.05, 3.63) is 53.4 Å². The fourth-order valence-electron chi connectivity index (χ4n) is 3.03. The number of nitrogens with zero attached hydrogens (tertiary/aromatic N) is 4. The Morgan fingerprint density at radius 3 is 2.96 bits per heavy atom. The van der Waals surface area contributed by atoms with Crippen molar-refractivity contribution in [2.75, 3.05) is 19.6 Å². The first-order valence-corrected chi connectivity index (χ1v) is 9.30. The second-order valence-electron chi connectivity index (χ2n) is 6.18. The minimum absolute atomic E-state index is 0.0718. The molecule has 8 heteroatoms. The molecular formula is C18H18FN5OS. The molecule has 1 atom stereocenters. The first-order chi connectivity index (χ1) is 12.6. The highest BCUT2D eigenvalue weighted by molar-refractivity contribution is 7.13.